The Hall–Kier alpha value is -3.23. The largest absolute Gasteiger partial charge is 0.338 e. The van der Waals surface area contributed by atoms with Gasteiger partial charge in [0.1, 0.15) is 5.82 Å². The third kappa shape index (κ3) is 5.55. The second-order valence-corrected chi connectivity index (χ2v) is 10.8. The molecule has 2 aliphatic rings. The molecule has 1 fully saturated rings. The van der Waals surface area contributed by atoms with Crippen molar-refractivity contribution in [1.29, 1.82) is 0 Å². The highest BCUT2D eigenvalue weighted by atomic mass is 32.1. The Labute approximate surface area is 221 Å². The number of halogens is 1. The van der Waals surface area contributed by atoms with Crippen molar-refractivity contribution in [3.05, 3.63) is 87.4 Å². The van der Waals surface area contributed by atoms with Crippen LogP contribution in [-0.4, -0.2) is 65.4 Å². The Bertz CT molecular complexity index is 1260. The number of hydrogen-bond acceptors (Lipinski definition) is 4. The summed E-state index contributed by atoms with van der Waals surface area (Å²) in [6, 6.07) is 16.3. The van der Waals surface area contributed by atoms with Crippen molar-refractivity contribution in [1.82, 2.24) is 14.7 Å². The van der Waals surface area contributed by atoms with E-state index in [0.717, 1.165) is 36.2 Å². The average molecular weight is 521 g/mol. The van der Waals surface area contributed by atoms with E-state index in [1.165, 1.54) is 16.5 Å². The highest BCUT2D eigenvalue weighted by molar-refractivity contribution is 7.10. The fourth-order valence-corrected chi connectivity index (χ4v) is 6.29. The molecule has 1 N–H and O–H groups in total. The second-order valence-electron chi connectivity index (χ2n) is 9.84. The Balaban J connectivity index is 1.23. The molecule has 3 amide bonds. The van der Waals surface area contributed by atoms with Crippen molar-refractivity contribution in [3.63, 3.8) is 0 Å². The SMILES string of the molecule is CCc1ccc(NC(=O)N2CCN(C(=O)CN3CCc4sccc4[C@@H]3c3cccc(F)c3)C[C@@H]2C)cc1. The maximum atomic E-state index is 14.1. The van der Waals surface area contributed by atoms with Crippen molar-refractivity contribution in [2.45, 2.75) is 38.8 Å². The van der Waals surface area contributed by atoms with Gasteiger partial charge in [-0.15, -0.1) is 11.3 Å². The van der Waals surface area contributed by atoms with Gasteiger partial charge in [-0.05, 0) is 72.2 Å². The number of rotatable bonds is 5. The highest BCUT2D eigenvalue weighted by Crippen LogP contribution is 2.37. The van der Waals surface area contributed by atoms with E-state index >= 15 is 0 Å². The minimum absolute atomic E-state index is 0.0437. The van der Waals surface area contributed by atoms with Gasteiger partial charge in [0.25, 0.3) is 0 Å². The van der Waals surface area contributed by atoms with Gasteiger partial charge in [0, 0.05) is 42.8 Å². The molecule has 3 aromatic rings. The molecular formula is C29H33FN4O2S. The van der Waals surface area contributed by atoms with E-state index in [0.29, 0.717) is 19.6 Å². The summed E-state index contributed by atoms with van der Waals surface area (Å²) < 4.78 is 14.1. The number of anilines is 1. The number of nitrogens with one attached hydrogen (secondary N) is 1. The Morgan fingerprint density at radius 3 is 2.62 bits per heavy atom. The lowest BCUT2D eigenvalue weighted by Crippen LogP contribution is -2.58. The third-order valence-electron chi connectivity index (χ3n) is 7.42. The average Bonchev–Trinajstić information content (AvgIpc) is 3.37. The zero-order valence-electron chi connectivity index (χ0n) is 21.3. The first-order chi connectivity index (χ1) is 17.9. The van der Waals surface area contributed by atoms with Gasteiger partial charge < -0.3 is 15.1 Å². The van der Waals surface area contributed by atoms with Crippen LogP contribution in [0.5, 0.6) is 0 Å². The number of benzene rings is 2. The maximum Gasteiger partial charge on any atom is 0.322 e. The summed E-state index contributed by atoms with van der Waals surface area (Å²) in [6.45, 7) is 6.55. The van der Waals surface area contributed by atoms with Crippen LogP contribution in [0.4, 0.5) is 14.9 Å². The van der Waals surface area contributed by atoms with Crippen LogP contribution in [0.2, 0.25) is 0 Å². The minimum atomic E-state index is -0.268. The monoisotopic (exact) mass is 520 g/mol. The lowest BCUT2D eigenvalue weighted by Gasteiger charge is -2.41. The number of piperazine rings is 1. The van der Waals surface area contributed by atoms with Crippen molar-refractivity contribution >= 4 is 29.0 Å². The predicted molar refractivity (Wildman–Crippen MR) is 145 cm³/mol. The summed E-state index contributed by atoms with van der Waals surface area (Å²) in [5.41, 5.74) is 4.03. The van der Waals surface area contributed by atoms with E-state index in [1.54, 1.807) is 28.4 Å². The minimum Gasteiger partial charge on any atom is -0.338 e. The molecule has 194 valence electrons. The molecule has 0 unspecified atom stereocenters. The topological polar surface area (TPSA) is 55.9 Å². The molecule has 0 saturated carbocycles. The molecule has 3 heterocycles. The van der Waals surface area contributed by atoms with Gasteiger partial charge in [0.05, 0.1) is 12.6 Å². The third-order valence-corrected chi connectivity index (χ3v) is 8.42. The normalized spacial score (nSPS) is 20.0. The van der Waals surface area contributed by atoms with Gasteiger partial charge in [-0.25, -0.2) is 9.18 Å². The summed E-state index contributed by atoms with van der Waals surface area (Å²) in [6.07, 6.45) is 1.84. The number of thiophene rings is 1. The molecule has 0 bridgehead atoms. The first-order valence-electron chi connectivity index (χ1n) is 12.9. The number of nitrogens with zero attached hydrogens (tertiary/aromatic N) is 3. The zero-order valence-corrected chi connectivity index (χ0v) is 22.1. The molecule has 6 nitrogen and oxygen atoms in total. The van der Waals surface area contributed by atoms with Crippen LogP contribution in [-0.2, 0) is 17.6 Å². The molecule has 0 aliphatic carbocycles. The number of amides is 3. The predicted octanol–water partition coefficient (Wildman–Crippen LogP) is 5.16. The van der Waals surface area contributed by atoms with Crippen LogP contribution in [0.15, 0.2) is 60.0 Å². The van der Waals surface area contributed by atoms with Gasteiger partial charge in [0.15, 0.2) is 0 Å². The molecule has 37 heavy (non-hydrogen) atoms. The molecule has 1 aromatic heterocycles. The molecule has 2 aliphatic heterocycles. The molecular weight excluding hydrogens is 487 g/mol. The first-order valence-corrected chi connectivity index (χ1v) is 13.8. The van der Waals surface area contributed by atoms with Crippen molar-refractivity contribution in [2.75, 3.05) is 38.0 Å². The smallest absolute Gasteiger partial charge is 0.322 e. The van der Waals surface area contributed by atoms with Crippen molar-refractivity contribution in [3.8, 4) is 0 Å². The van der Waals surface area contributed by atoms with Crippen LogP contribution >= 0.6 is 11.3 Å². The zero-order chi connectivity index (χ0) is 25.9. The molecule has 5 rings (SSSR count). The number of carbonyl (C=O) groups is 2. The number of urea groups is 1. The summed E-state index contributed by atoms with van der Waals surface area (Å²) in [4.78, 5) is 33.5. The van der Waals surface area contributed by atoms with Crippen LogP contribution in [0.3, 0.4) is 0 Å². The molecule has 0 spiro atoms. The fourth-order valence-electron chi connectivity index (χ4n) is 5.38. The fraction of sp³-hybridized carbons (Fsp3) is 0.379. The van der Waals surface area contributed by atoms with Gasteiger partial charge in [-0.1, -0.05) is 31.2 Å². The summed E-state index contributed by atoms with van der Waals surface area (Å²) in [5, 5.41) is 5.06. The van der Waals surface area contributed by atoms with Gasteiger partial charge in [-0.2, -0.15) is 0 Å². The van der Waals surface area contributed by atoms with E-state index in [4.69, 9.17) is 0 Å². The maximum absolute atomic E-state index is 14.1. The molecule has 2 atom stereocenters. The van der Waals surface area contributed by atoms with Crippen molar-refractivity contribution < 1.29 is 14.0 Å². The Kier molecular flexibility index (Phi) is 7.58. The van der Waals surface area contributed by atoms with E-state index < -0.39 is 0 Å². The van der Waals surface area contributed by atoms with Crippen LogP contribution in [0.1, 0.15) is 41.5 Å². The Morgan fingerprint density at radius 2 is 1.89 bits per heavy atom. The van der Waals surface area contributed by atoms with Crippen LogP contribution in [0.25, 0.3) is 0 Å². The molecule has 2 aromatic carbocycles. The van der Waals surface area contributed by atoms with E-state index in [1.807, 2.05) is 42.2 Å². The molecule has 8 heteroatoms. The van der Waals surface area contributed by atoms with E-state index in [-0.39, 0.29) is 36.4 Å². The Morgan fingerprint density at radius 1 is 1.08 bits per heavy atom. The van der Waals surface area contributed by atoms with Gasteiger partial charge in [0.2, 0.25) is 5.91 Å². The number of fused-ring (bicyclic) bond motifs is 1. The van der Waals surface area contributed by atoms with Crippen LogP contribution in [0, 0.1) is 5.82 Å². The lowest BCUT2D eigenvalue weighted by molar-refractivity contribution is -0.135. The summed E-state index contributed by atoms with van der Waals surface area (Å²) in [7, 11) is 0. The second kappa shape index (κ2) is 11.0. The highest BCUT2D eigenvalue weighted by Gasteiger charge is 2.34. The van der Waals surface area contributed by atoms with E-state index in [9.17, 15) is 14.0 Å². The first kappa shape index (κ1) is 25.4. The summed E-state index contributed by atoms with van der Waals surface area (Å²) in [5.74, 6) is -0.224. The molecule has 0 radical (unpaired) electrons. The molecule has 1 saturated heterocycles. The van der Waals surface area contributed by atoms with Crippen molar-refractivity contribution in [2.24, 2.45) is 0 Å². The summed E-state index contributed by atoms with van der Waals surface area (Å²) >= 11 is 1.72. The van der Waals surface area contributed by atoms with Gasteiger partial charge >= 0.3 is 6.03 Å². The standard InChI is InChI=1S/C29H33FN4O2S/c1-3-21-7-9-24(10-8-21)31-29(36)34-15-14-32(18-20(34)2)27(35)19-33-13-11-26-25(12-16-37-26)28(33)22-5-4-6-23(30)17-22/h4-10,12,16-17,20,28H,3,11,13-15,18-19H2,1-2H3,(H,31,36)/t20-,28-/m0/s1. The quantitative estimate of drug-likeness (QED) is 0.506. The lowest BCUT2D eigenvalue weighted by atomic mass is 9.93. The van der Waals surface area contributed by atoms with Crippen LogP contribution < -0.4 is 5.32 Å². The number of carbonyl (C=O) groups excluding carboxylic acids is 2. The number of aryl methyl sites for hydroxylation is 1. The number of hydrogen-bond donors (Lipinski definition) is 1. The van der Waals surface area contributed by atoms with Gasteiger partial charge in [-0.3, -0.25) is 9.69 Å². The van der Waals surface area contributed by atoms with E-state index in [2.05, 4.69) is 28.6 Å².